The summed E-state index contributed by atoms with van der Waals surface area (Å²) < 4.78 is 9.66. The zero-order chi connectivity index (χ0) is 12.0. The second kappa shape index (κ2) is 6.27. The van der Waals surface area contributed by atoms with Gasteiger partial charge in [0.05, 0.1) is 26.3 Å². The molecule has 0 bridgehead atoms. The minimum atomic E-state index is -0.199. The van der Waals surface area contributed by atoms with Gasteiger partial charge in [0.15, 0.2) is 0 Å². The normalized spacial score (nSPS) is 9.88. The summed E-state index contributed by atoms with van der Waals surface area (Å²) in [5.74, 6) is 1.14. The number of nitrogen functional groups attached to an aromatic ring is 1. The van der Waals surface area contributed by atoms with Crippen molar-refractivity contribution in [3.63, 3.8) is 0 Å². The fraction of sp³-hybridized carbons (Fsp3) is 0.364. The van der Waals surface area contributed by atoms with Crippen LogP contribution < -0.4 is 10.5 Å². The van der Waals surface area contributed by atoms with Gasteiger partial charge in [-0.3, -0.25) is 4.79 Å². The van der Waals surface area contributed by atoms with E-state index in [1.165, 1.54) is 7.11 Å². The van der Waals surface area contributed by atoms with E-state index < -0.39 is 0 Å². The van der Waals surface area contributed by atoms with Crippen molar-refractivity contribution in [1.82, 2.24) is 0 Å². The molecular formula is C11H15NO3S. The van der Waals surface area contributed by atoms with Gasteiger partial charge in [0.2, 0.25) is 0 Å². The molecule has 0 amide bonds. The predicted octanol–water partition coefficient (Wildman–Crippen LogP) is 1.93. The van der Waals surface area contributed by atoms with Crippen LogP contribution in [0.4, 0.5) is 5.69 Å². The number of thioether (sulfide) groups is 1. The Morgan fingerprint density at radius 3 is 2.81 bits per heavy atom. The smallest absolute Gasteiger partial charge is 0.306 e. The van der Waals surface area contributed by atoms with E-state index in [0.29, 0.717) is 23.6 Å². The predicted molar refractivity (Wildman–Crippen MR) is 64.8 cm³/mol. The number of carbonyl (C=O) groups excluding carboxylic acids is 1. The van der Waals surface area contributed by atoms with Crippen LogP contribution in [-0.4, -0.2) is 25.9 Å². The summed E-state index contributed by atoms with van der Waals surface area (Å²) in [6, 6.07) is 5.55. The number of rotatable bonds is 5. The SMILES string of the molecule is COC(=O)CCSc1ccc(N)c(OC)c1. The van der Waals surface area contributed by atoms with Crippen LogP contribution >= 0.6 is 11.8 Å². The van der Waals surface area contributed by atoms with Gasteiger partial charge in [0, 0.05) is 10.6 Å². The van der Waals surface area contributed by atoms with Crippen LogP contribution in [0.25, 0.3) is 0 Å². The summed E-state index contributed by atoms with van der Waals surface area (Å²) in [6.07, 6.45) is 0.397. The molecule has 0 heterocycles. The van der Waals surface area contributed by atoms with E-state index in [2.05, 4.69) is 4.74 Å². The molecule has 0 aromatic heterocycles. The minimum absolute atomic E-state index is 0.199. The third kappa shape index (κ3) is 3.66. The highest BCUT2D eigenvalue weighted by atomic mass is 32.2. The molecule has 0 unspecified atom stereocenters. The molecule has 0 saturated heterocycles. The van der Waals surface area contributed by atoms with E-state index in [-0.39, 0.29) is 5.97 Å². The van der Waals surface area contributed by atoms with Crippen molar-refractivity contribution in [3.05, 3.63) is 18.2 Å². The summed E-state index contributed by atoms with van der Waals surface area (Å²) in [6.45, 7) is 0. The molecule has 1 aromatic carbocycles. The highest BCUT2D eigenvalue weighted by Crippen LogP contribution is 2.28. The van der Waals surface area contributed by atoms with Crippen LogP contribution in [0.5, 0.6) is 5.75 Å². The lowest BCUT2D eigenvalue weighted by Gasteiger charge is -2.06. The molecule has 0 atom stereocenters. The zero-order valence-electron chi connectivity index (χ0n) is 9.36. The van der Waals surface area contributed by atoms with E-state index in [9.17, 15) is 4.79 Å². The van der Waals surface area contributed by atoms with Gasteiger partial charge in [-0.1, -0.05) is 0 Å². The molecule has 1 rings (SSSR count). The van der Waals surface area contributed by atoms with Gasteiger partial charge < -0.3 is 15.2 Å². The molecule has 0 radical (unpaired) electrons. The van der Waals surface area contributed by atoms with Gasteiger partial charge in [-0.15, -0.1) is 11.8 Å². The van der Waals surface area contributed by atoms with Crippen molar-refractivity contribution in [2.24, 2.45) is 0 Å². The maximum Gasteiger partial charge on any atom is 0.306 e. The molecule has 1 aromatic rings. The highest BCUT2D eigenvalue weighted by Gasteiger charge is 2.04. The van der Waals surface area contributed by atoms with Crippen molar-refractivity contribution in [2.75, 3.05) is 25.7 Å². The number of carbonyl (C=O) groups is 1. The van der Waals surface area contributed by atoms with Crippen LogP contribution in [0, 0.1) is 0 Å². The Morgan fingerprint density at radius 1 is 1.44 bits per heavy atom. The summed E-state index contributed by atoms with van der Waals surface area (Å²) in [5, 5.41) is 0. The molecule has 5 heteroatoms. The van der Waals surface area contributed by atoms with E-state index in [0.717, 1.165) is 4.90 Å². The van der Waals surface area contributed by atoms with Crippen LogP contribution in [-0.2, 0) is 9.53 Å². The van der Waals surface area contributed by atoms with Crippen molar-refractivity contribution in [2.45, 2.75) is 11.3 Å². The summed E-state index contributed by atoms with van der Waals surface area (Å²) in [5.41, 5.74) is 6.30. The molecule has 0 aliphatic heterocycles. The average Bonchev–Trinajstić information content (AvgIpc) is 2.31. The van der Waals surface area contributed by atoms with Crippen LogP contribution in [0.2, 0.25) is 0 Å². The molecule has 4 nitrogen and oxygen atoms in total. The molecule has 0 spiro atoms. The molecule has 16 heavy (non-hydrogen) atoms. The molecule has 0 aliphatic carbocycles. The number of esters is 1. The number of nitrogens with two attached hydrogens (primary N) is 1. The van der Waals surface area contributed by atoms with Gasteiger partial charge in [0.25, 0.3) is 0 Å². The standard InChI is InChI=1S/C11H15NO3S/c1-14-10-7-8(3-4-9(10)12)16-6-5-11(13)15-2/h3-4,7H,5-6,12H2,1-2H3. The number of ether oxygens (including phenoxy) is 2. The molecule has 0 aliphatic rings. The summed E-state index contributed by atoms with van der Waals surface area (Å²) in [7, 11) is 2.97. The Kier molecular flexibility index (Phi) is 4.98. The van der Waals surface area contributed by atoms with Crippen molar-refractivity contribution in [1.29, 1.82) is 0 Å². The van der Waals surface area contributed by atoms with Crippen LogP contribution in [0.1, 0.15) is 6.42 Å². The Morgan fingerprint density at radius 2 is 2.19 bits per heavy atom. The Labute approximate surface area is 99.1 Å². The first-order valence-electron chi connectivity index (χ1n) is 4.80. The van der Waals surface area contributed by atoms with E-state index in [1.54, 1.807) is 24.9 Å². The fourth-order valence-electron chi connectivity index (χ4n) is 1.14. The number of anilines is 1. The molecule has 88 valence electrons. The zero-order valence-corrected chi connectivity index (χ0v) is 10.2. The van der Waals surface area contributed by atoms with Gasteiger partial charge in [-0.25, -0.2) is 0 Å². The second-order valence-electron chi connectivity index (χ2n) is 3.08. The average molecular weight is 241 g/mol. The van der Waals surface area contributed by atoms with Gasteiger partial charge in [-0.05, 0) is 18.2 Å². The van der Waals surface area contributed by atoms with Gasteiger partial charge >= 0.3 is 5.97 Å². The third-order valence-electron chi connectivity index (χ3n) is 2.01. The van der Waals surface area contributed by atoms with E-state index in [1.807, 2.05) is 12.1 Å². The Bertz CT molecular complexity index is 368. The van der Waals surface area contributed by atoms with Gasteiger partial charge in [-0.2, -0.15) is 0 Å². The lowest BCUT2D eigenvalue weighted by atomic mass is 10.3. The Balaban J connectivity index is 2.51. The lowest BCUT2D eigenvalue weighted by molar-refractivity contribution is -0.140. The minimum Gasteiger partial charge on any atom is -0.495 e. The van der Waals surface area contributed by atoms with Crippen molar-refractivity contribution < 1.29 is 14.3 Å². The first-order valence-corrected chi connectivity index (χ1v) is 5.79. The fourth-order valence-corrected chi connectivity index (χ4v) is 1.99. The summed E-state index contributed by atoms with van der Waals surface area (Å²) in [4.78, 5) is 11.9. The van der Waals surface area contributed by atoms with Crippen molar-refractivity contribution in [3.8, 4) is 5.75 Å². The largest absolute Gasteiger partial charge is 0.495 e. The van der Waals surface area contributed by atoms with Crippen LogP contribution in [0.15, 0.2) is 23.1 Å². The van der Waals surface area contributed by atoms with E-state index >= 15 is 0 Å². The second-order valence-corrected chi connectivity index (χ2v) is 4.25. The third-order valence-corrected chi connectivity index (χ3v) is 3.00. The first-order chi connectivity index (χ1) is 7.67. The maximum absolute atomic E-state index is 10.9. The maximum atomic E-state index is 10.9. The summed E-state index contributed by atoms with van der Waals surface area (Å²) >= 11 is 1.57. The van der Waals surface area contributed by atoms with E-state index in [4.69, 9.17) is 10.5 Å². The highest BCUT2D eigenvalue weighted by molar-refractivity contribution is 7.99. The monoisotopic (exact) mass is 241 g/mol. The quantitative estimate of drug-likeness (QED) is 0.485. The topological polar surface area (TPSA) is 61.5 Å². The Hall–Kier alpha value is -1.36. The molecular weight excluding hydrogens is 226 g/mol. The number of benzene rings is 1. The molecule has 0 saturated carbocycles. The number of methoxy groups -OCH3 is 2. The van der Waals surface area contributed by atoms with Gasteiger partial charge in [0.1, 0.15) is 5.75 Å². The molecule has 0 fully saturated rings. The number of hydrogen-bond acceptors (Lipinski definition) is 5. The first kappa shape index (κ1) is 12.7. The molecule has 2 N–H and O–H groups in total. The van der Waals surface area contributed by atoms with Crippen molar-refractivity contribution >= 4 is 23.4 Å². The lowest BCUT2D eigenvalue weighted by Crippen LogP contribution is -2.01. The number of hydrogen-bond donors (Lipinski definition) is 1. The van der Waals surface area contributed by atoms with Crippen LogP contribution in [0.3, 0.4) is 0 Å².